The van der Waals surface area contributed by atoms with E-state index in [1.54, 1.807) is 19.1 Å². The van der Waals surface area contributed by atoms with Crippen LogP contribution in [0.5, 0.6) is 0 Å². The highest BCUT2D eigenvalue weighted by molar-refractivity contribution is 7.89. The molecule has 0 radical (unpaired) electrons. The van der Waals surface area contributed by atoms with Crippen molar-refractivity contribution in [2.45, 2.75) is 37.1 Å². The number of nitrogens with one attached hydrogen (secondary N) is 2. The summed E-state index contributed by atoms with van der Waals surface area (Å²) in [5.41, 5.74) is 0.727. The minimum absolute atomic E-state index is 0.0174. The zero-order valence-corrected chi connectivity index (χ0v) is 19.1. The van der Waals surface area contributed by atoms with E-state index in [4.69, 9.17) is 0 Å². The number of esters is 1. The number of benzene rings is 1. The third-order valence-corrected chi connectivity index (χ3v) is 6.59. The fraction of sp³-hybridized carbons (Fsp3) is 0.444. The second-order valence-electron chi connectivity index (χ2n) is 6.74. The van der Waals surface area contributed by atoms with E-state index < -0.39 is 32.9 Å². The van der Waals surface area contributed by atoms with Gasteiger partial charge >= 0.3 is 5.97 Å². The quantitative estimate of drug-likeness (QED) is 0.243. The molecule has 32 heavy (non-hydrogen) atoms. The minimum Gasteiger partial charge on any atom is -0.468 e. The number of hydrogen-bond donors (Lipinski definition) is 2. The molecule has 1 amide bonds. The molecule has 0 bridgehead atoms. The molecule has 1 aromatic heterocycles. The minimum atomic E-state index is -4.03. The van der Waals surface area contributed by atoms with Crippen LogP contribution in [0.25, 0.3) is 0 Å². The number of carbonyl (C=O) groups is 2. The van der Waals surface area contributed by atoms with Gasteiger partial charge in [0, 0.05) is 24.3 Å². The smallest absolute Gasteiger partial charge is 0.325 e. The summed E-state index contributed by atoms with van der Waals surface area (Å²) < 4.78 is 32.1. The first-order valence-electron chi connectivity index (χ1n) is 9.47. The van der Waals surface area contributed by atoms with Gasteiger partial charge in [0.15, 0.2) is 0 Å². The van der Waals surface area contributed by atoms with Crippen molar-refractivity contribution in [2.24, 2.45) is 0 Å². The number of amides is 1. The lowest BCUT2D eigenvalue weighted by Gasteiger charge is -2.17. The van der Waals surface area contributed by atoms with Gasteiger partial charge in [-0.25, -0.2) is 8.42 Å². The molecule has 174 valence electrons. The second-order valence-corrected chi connectivity index (χ2v) is 9.60. The summed E-state index contributed by atoms with van der Waals surface area (Å²) in [7, 11) is -2.92. The van der Waals surface area contributed by atoms with Gasteiger partial charge in [0.05, 0.1) is 18.4 Å². The molecule has 1 unspecified atom stereocenters. The van der Waals surface area contributed by atoms with Crippen LogP contribution in [0.3, 0.4) is 0 Å². The number of aryl methyl sites for hydroxylation is 2. The van der Waals surface area contributed by atoms with Crippen molar-refractivity contribution in [3.63, 3.8) is 0 Å². The molecule has 0 saturated heterocycles. The molecule has 0 saturated carbocycles. The first-order chi connectivity index (χ1) is 15.1. The van der Waals surface area contributed by atoms with E-state index in [1.807, 2.05) is 0 Å². The average molecular weight is 486 g/mol. The lowest BCUT2D eigenvalue weighted by Crippen LogP contribution is -2.49. The number of ether oxygens (including phenoxy) is 1. The van der Waals surface area contributed by atoms with E-state index in [9.17, 15) is 28.1 Å². The summed E-state index contributed by atoms with van der Waals surface area (Å²) in [6, 6.07) is 4.82. The second kappa shape index (κ2) is 11.6. The van der Waals surface area contributed by atoms with Crippen LogP contribution in [0, 0.1) is 17.0 Å². The van der Waals surface area contributed by atoms with Crippen molar-refractivity contribution in [1.29, 1.82) is 0 Å². The van der Waals surface area contributed by atoms with E-state index in [0.717, 1.165) is 24.0 Å². The third kappa shape index (κ3) is 7.94. The largest absolute Gasteiger partial charge is 0.468 e. The number of aromatic nitrogens is 2. The molecule has 0 spiro atoms. The number of rotatable bonds is 12. The standard InChI is InChI=1S/C18H23N5O7S2/c1-12-5-3-6-13(9-12)32(28,29)22-14(18(25)30-2)11-19-15(24)10-17-21-20-16(31-17)7-4-8-23(26)27/h3,5-6,9,14,22H,4,7-8,10-11H2,1-2H3,(H,19,24). The summed E-state index contributed by atoms with van der Waals surface area (Å²) in [6.45, 7) is 1.23. The van der Waals surface area contributed by atoms with Crippen LogP contribution in [-0.2, 0) is 37.2 Å². The summed E-state index contributed by atoms with van der Waals surface area (Å²) >= 11 is 1.16. The van der Waals surface area contributed by atoms with Gasteiger partial charge in [-0.05, 0) is 24.6 Å². The molecule has 0 aliphatic rings. The number of carbonyl (C=O) groups excluding carboxylic acids is 2. The Kier molecular flexibility index (Phi) is 9.16. The van der Waals surface area contributed by atoms with Crippen LogP contribution >= 0.6 is 11.3 Å². The molecule has 2 rings (SSSR count). The SMILES string of the molecule is COC(=O)C(CNC(=O)Cc1nnc(CCC[N+](=O)[O-])s1)NS(=O)(=O)c1cccc(C)c1. The van der Waals surface area contributed by atoms with Gasteiger partial charge in [-0.1, -0.05) is 12.1 Å². The maximum Gasteiger partial charge on any atom is 0.325 e. The van der Waals surface area contributed by atoms with Gasteiger partial charge < -0.3 is 10.1 Å². The summed E-state index contributed by atoms with van der Waals surface area (Å²) in [6.07, 6.45) is 0.562. The summed E-state index contributed by atoms with van der Waals surface area (Å²) in [4.78, 5) is 34.2. The van der Waals surface area contributed by atoms with Gasteiger partial charge in [-0.3, -0.25) is 19.7 Å². The Bertz CT molecular complexity index is 1070. The van der Waals surface area contributed by atoms with Crippen LogP contribution in [0.4, 0.5) is 0 Å². The molecular weight excluding hydrogens is 462 g/mol. The highest BCUT2D eigenvalue weighted by atomic mass is 32.2. The Labute approximate surface area is 188 Å². The highest BCUT2D eigenvalue weighted by Crippen LogP contribution is 2.13. The summed E-state index contributed by atoms with van der Waals surface area (Å²) in [5.74, 6) is -1.35. The maximum atomic E-state index is 12.6. The molecule has 0 aliphatic heterocycles. The predicted molar refractivity (Wildman–Crippen MR) is 114 cm³/mol. The lowest BCUT2D eigenvalue weighted by molar-refractivity contribution is -0.480. The van der Waals surface area contributed by atoms with Crippen molar-refractivity contribution in [3.8, 4) is 0 Å². The fourth-order valence-corrected chi connectivity index (χ4v) is 4.76. The van der Waals surface area contributed by atoms with Crippen LogP contribution in [-0.4, -0.2) is 61.7 Å². The van der Waals surface area contributed by atoms with Crippen LogP contribution in [0.15, 0.2) is 29.2 Å². The van der Waals surface area contributed by atoms with Crippen molar-refractivity contribution in [1.82, 2.24) is 20.2 Å². The molecule has 2 aromatic rings. The molecule has 14 heteroatoms. The van der Waals surface area contributed by atoms with Gasteiger partial charge in [-0.2, -0.15) is 4.72 Å². The molecular formula is C18H23N5O7S2. The Morgan fingerprint density at radius 2 is 2.00 bits per heavy atom. The molecule has 2 N–H and O–H groups in total. The number of hydrogen-bond acceptors (Lipinski definition) is 10. The zero-order valence-electron chi connectivity index (χ0n) is 17.4. The first kappa shape index (κ1) is 25.3. The third-order valence-electron chi connectivity index (χ3n) is 4.14. The summed E-state index contributed by atoms with van der Waals surface area (Å²) in [5, 5.41) is 21.6. The van der Waals surface area contributed by atoms with Crippen LogP contribution in [0.1, 0.15) is 22.0 Å². The van der Waals surface area contributed by atoms with E-state index in [1.165, 1.54) is 12.1 Å². The monoisotopic (exact) mass is 485 g/mol. The Hall–Kier alpha value is -2.97. The van der Waals surface area contributed by atoms with Crippen molar-refractivity contribution < 1.29 is 27.7 Å². The van der Waals surface area contributed by atoms with Crippen molar-refractivity contribution in [3.05, 3.63) is 50.0 Å². The van der Waals surface area contributed by atoms with E-state index in [2.05, 4.69) is 25.0 Å². The predicted octanol–water partition coefficient (Wildman–Crippen LogP) is 0.235. The molecule has 1 heterocycles. The number of nitrogens with zero attached hydrogens (tertiary/aromatic N) is 3. The number of sulfonamides is 1. The van der Waals surface area contributed by atoms with Crippen LogP contribution < -0.4 is 10.0 Å². The normalized spacial score (nSPS) is 12.2. The number of nitro groups is 1. The highest BCUT2D eigenvalue weighted by Gasteiger charge is 2.27. The van der Waals surface area contributed by atoms with Crippen molar-refractivity contribution in [2.75, 3.05) is 20.2 Å². The van der Waals surface area contributed by atoms with E-state index in [0.29, 0.717) is 22.9 Å². The topological polar surface area (TPSA) is 170 Å². The average Bonchev–Trinajstić information content (AvgIpc) is 3.17. The van der Waals surface area contributed by atoms with Gasteiger partial charge in [0.1, 0.15) is 16.1 Å². The van der Waals surface area contributed by atoms with Crippen LogP contribution in [0.2, 0.25) is 0 Å². The fourth-order valence-electron chi connectivity index (χ4n) is 2.59. The molecule has 12 nitrogen and oxygen atoms in total. The van der Waals surface area contributed by atoms with Gasteiger partial charge in [0.25, 0.3) is 0 Å². The molecule has 0 aliphatic carbocycles. The Morgan fingerprint density at radius 1 is 1.28 bits per heavy atom. The van der Waals surface area contributed by atoms with Gasteiger partial charge in [-0.15, -0.1) is 21.5 Å². The molecule has 0 fully saturated rings. The first-order valence-corrected chi connectivity index (χ1v) is 11.8. The lowest BCUT2D eigenvalue weighted by atomic mass is 10.2. The van der Waals surface area contributed by atoms with Crippen molar-refractivity contribution >= 4 is 33.2 Å². The van der Waals surface area contributed by atoms with Gasteiger partial charge in [0.2, 0.25) is 22.5 Å². The number of methoxy groups -OCH3 is 1. The Morgan fingerprint density at radius 3 is 2.66 bits per heavy atom. The Balaban J connectivity index is 1.94. The molecule has 1 atom stereocenters. The molecule has 1 aromatic carbocycles. The van der Waals surface area contributed by atoms with E-state index >= 15 is 0 Å². The zero-order chi connectivity index (χ0) is 23.7. The van der Waals surface area contributed by atoms with E-state index in [-0.39, 0.29) is 24.4 Å². The maximum absolute atomic E-state index is 12.6.